The Labute approximate surface area is 116 Å². The smallest absolute Gasteiger partial charge is 0.0409 e. The second-order valence-corrected chi connectivity index (χ2v) is 7.08. The van der Waals surface area contributed by atoms with Crippen LogP contribution in [0.4, 0.5) is 0 Å². The maximum absolute atomic E-state index is 2.40. The van der Waals surface area contributed by atoms with Crippen molar-refractivity contribution in [2.75, 3.05) is 0 Å². The van der Waals surface area contributed by atoms with Gasteiger partial charge >= 0.3 is 0 Å². The molecular weight excluding hydrogens is 216 g/mol. The van der Waals surface area contributed by atoms with Crippen molar-refractivity contribution in [3.05, 3.63) is 0 Å². The van der Waals surface area contributed by atoms with Crippen molar-refractivity contribution in [3.8, 4) is 0 Å². The summed E-state index contributed by atoms with van der Waals surface area (Å²) in [5.74, 6) is 3.00. The van der Waals surface area contributed by atoms with E-state index in [-0.39, 0.29) is 0 Å². The summed E-state index contributed by atoms with van der Waals surface area (Å²) >= 11 is 0. The van der Waals surface area contributed by atoms with Gasteiger partial charge in [-0.1, -0.05) is 85.0 Å². The fourth-order valence-corrected chi connectivity index (χ4v) is 3.75. The largest absolute Gasteiger partial charge is 0.0654 e. The predicted octanol–water partition coefficient (Wildman–Crippen LogP) is 6.59. The first-order valence-electron chi connectivity index (χ1n) is 8.72. The average molecular weight is 252 g/mol. The highest BCUT2D eigenvalue weighted by Crippen LogP contribution is 2.33. The maximum atomic E-state index is 2.40. The van der Waals surface area contributed by atoms with Crippen LogP contribution in [0.5, 0.6) is 0 Å². The number of unbranched alkanes of at least 4 members (excludes halogenated alkanes) is 3. The Morgan fingerprint density at radius 3 is 2.28 bits per heavy atom. The molecule has 0 heteroatoms. The van der Waals surface area contributed by atoms with Crippen molar-refractivity contribution >= 4 is 0 Å². The third-order valence-electron chi connectivity index (χ3n) is 4.66. The van der Waals surface area contributed by atoms with E-state index in [4.69, 9.17) is 0 Å². The zero-order chi connectivity index (χ0) is 13.2. The van der Waals surface area contributed by atoms with Crippen LogP contribution in [0.3, 0.4) is 0 Å². The fraction of sp³-hybridized carbons (Fsp3) is 1.00. The van der Waals surface area contributed by atoms with Gasteiger partial charge in [0.15, 0.2) is 0 Å². The zero-order valence-electron chi connectivity index (χ0n) is 13.2. The number of hydrogen-bond acceptors (Lipinski definition) is 0. The molecule has 18 heavy (non-hydrogen) atoms. The molecule has 0 aromatic heterocycles. The van der Waals surface area contributed by atoms with Gasteiger partial charge in [-0.05, 0) is 30.6 Å². The molecule has 1 atom stereocenters. The second kappa shape index (κ2) is 9.87. The number of hydrogen-bond donors (Lipinski definition) is 0. The first kappa shape index (κ1) is 16.1. The summed E-state index contributed by atoms with van der Waals surface area (Å²) in [6.07, 6.45) is 17.9. The van der Waals surface area contributed by atoms with Crippen LogP contribution in [0, 0.1) is 17.8 Å². The Kier molecular flexibility index (Phi) is 8.80. The summed E-state index contributed by atoms with van der Waals surface area (Å²) in [6, 6.07) is 0. The standard InChI is InChI=1S/C18H36/c1-4-5-6-8-13-18(14-16(2)3)15-17-11-9-7-10-12-17/h16-18H,4-15H2,1-3H3. The van der Waals surface area contributed by atoms with Crippen LogP contribution < -0.4 is 0 Å². The van der Waals surface area contributed by atoms with E-state index in [1.807, 2.05) is 0 Å². The van der Waals surface area contributed by atoms with Gasteiger partial charge < -0.3 is 0 Å². The molecule has 1 saturated carbocycles. The molecule has 0 saturated heterocycles. The molecule has 0 heterocycles. The lowest BCUT2D eigenvalue weighted by Crippen LogP contribution is -2.14. The number of rotatable bonds is 9. The van der Waals surface area contributed by atoms with Crippen molar-refractivity contribution < 1.29 is 0 Å². The summed E-state index contributed by atoms with van der Waals surface area (Å²) in [5, 5.41) is 0. The highest BCUT2D eigenvalue weighted by molar-refractivity contribution is 4.71. The molecule has 1 aliphatic rings. The summed E-state index contributed by atoms with van der Waals surface area (Å²) in [6.45, 7) is 7.12. The van der Waals surface area contributed by atoms with Gasteiger partial charge in [-0.25, -0.2) is 0 Å². The van der Waals surface area contributed by atoms with Crippen molar-refractivity contribution in [2.45, 2.75) is 97.8 Å². The first-order valence-corrected chi connectivity index (χ1v) is 8.72. The van der Waals surface area contributed by atoms with E-state index in [9.17, 15) is 0 Å². The van der Waals surface area contributed by atoms with Crippen molar-refractivity contribution in [2.24, 2.45) is 17.8 Å². The van der Waals surface area contributed by atoms with Crippen molar-refractivity contribution in [3.63, 3.8) is 0 Å². The quantitative estimate of drug-likeness (QED) is 0.406. The van der Waals surface area contributed by atoms with E-state index in [0.29, 0.717) is 0 Å². The van der Waals surface area contributed by atoms with Gasteiger partial charge in [0.05, 0.1) is 0 Å². The van der Waals surface area contributed by atoms with Crippen molar-refractivity contribution in [1.82, 2.24) is 0 Å². The minimum atomic E-state index is 0.893. The first-order chi connectivity index (χ1) is 8.72. The van der Waals surface area contributed by atoms with E-state index in [0.717, 1.165) is 17.8 Å². The molecule has 108 valence electrons. The van der Waals surface area contributed by atoms with Crippen LogP contribution in [0.2, 0.25) is 0 Å². The van der Waals surface area contributed by atoms with Crippen LogP contribution in [0.25, 0.3) is 0 Å². The Hall–Kier alpha value is 0. The molecule has 0 N–H and O–H groups in total. The molecule has 0 aromatic carbocycles. The van der Waals surface area contributed by atoms with Gasteiger partial charge in [0.2, 0.25) is 0 Å². The van der Waals surface area contributed by atoms with E-state index in [2.05, 4.69) is 20.8 Å². The van der Waals surface area contributed by atoms with Gasteiger partial charge in [0.1, 0.15) is 0 Å². The van der Waals surface area contributed by atoms with Crippen LogP contribution in [0.1, 0.15) is 97.8 Å². The fourth-order valence-electron chi connectivity index (χ4n) is 3.75. The topological polar surface area (TPSA) is 0 Å². The Morgan fingerprint density at radius 2 is 1.67 bits per heavy atom. The third kappa shape index (κ3) is 7.44. The lowest BCUT2D eigenvalue weighted by Gasteiger charge is -2.27. The normalized spacial score (nSPS) is 19.3. The second-order valence-electron chi connectivity index (χ2n) is 7.08. The molecule has 0 bridgehead atoms. The molecule has 0 nitrogen and oxygen atoms in total. The third-order valence-corrected chi connectivity index (χ3v) is 4.66. The Morgan fingerprint density at radius 1 is 0.944 bits per heavy atom. The van der Waals surface area contributed by atoms with Crippen LogP contribution in [-0.4, -0.2) is 0 Å². The highest BCUT2D eigenvalue weighted by Gasteiger charge is 2.19. The molecule has 1 unspecified atom stereocenters. The minimum absolute atomic E-state index is 0.893. The summed E-state index contributed by atoms with van der Waals surface area (Å²) in [7, 11) is 0. The van der Waals surface area contributed by atoms with Crippen LogP contribution in [0.15, 0.2) is 0 Å². The molecule has 1 fully saturated rings. The van der Waals surface area contributed by atoms with Gasteiger partial charge in [-0.3, -0.25) is 0 Å². The molecule has 0 spiro atoms. The molecular formula is C18H36. The Balaban J connectivity index is 2.24. The van der Waals surface area contributed by atoms with Crippen LogP contribution in [-0.2, 0) is 0 Å². The van der Waals surface area contributed by atoms with Crippen LogP contribution >= 0.6 is 0 Å². The minimum Gasteiger partial charge on any atom is -0.0654 e. The van der Waals surface area contributed by atoms with E-state index in [1.165, 1.54) is 70.6 Å². The van der Waals surface area contributed by atoms with Gasteiger partial charge in [0, 0.05) is 0 Å². The average Bonchev–Trinajstić information content (AvgIpc) is 2.35. The van der Waals surface area contributed by atoms with E-state index < -0.39 is 0 Å². The molecule has 0 radical (unpaired) electrons. The summed E-state index contributed by atoms with van der Waals surface area (Å²) in [4.78, 5) is 0. The lowest BCUT2D eigenvalue weighted by molar-refractivity contribution is 0.250. The van der Waals surface area contributed by atoms with Gasteiger partial charge in [0.25, 0.3) is 0 Å². The van der Waals surface area contributed by atoms with Gasteiger partial charge in [-0.2, -0.15) is 0 Å². The molecule has 0 aromatic rings. The van der Waals surface area contributed by atoms with Gasteiger partial charge in [-0.15, -0.1) is 0 Å². The highest BCUT2D eigenvalue weighted by atomic mass is 14.2. The molecule has 1 aliphatic carbocycles. The monoisotopic (exact) mass is 252 g/mol. The SMILES string of the molecule is CCCCCCC(CC(C)C)CC1CCCCC1. The predicted molar refractivity (Wildman–Crippen MR) is 82.9 cm³/mol. The lowest BCUT2D eigenvalue weighted by atomic mass is 9.79. The Bertz CT molecular complexity index is 176. The molecule has 1 rings (SSSR count). The maximum Gasteiger partial charge on any atom is -0.0409 e. The molecule has 0 aliphatic heterocycles. The van der Waals surface area contributed by atoms with E-state index in [1.54, 1.807) is 6.42 Å². The summed E-state index contributed by atoms with van der Waals surface area (Å²) < 4.78 is 0. The summed E-state index contributed by atoms with van der Waals surface area (Å²) in [5.41, 5.74) is 0. The van der Waals surface area contributed by atoms with Crippen molar-refractivity contribution in [1.29, 1.82) is 0 Å². The zero-order valence-corrected chi connectivity index (χ0v) is 13.2. The van der Waals surface area contributed by atoms with E-state index >= 15 is 0 Å². The molecule has 0 amide bonds.